The van der Waals surface area contributed by atoms with Crippen molar-refractivity contribution >= 4 is 0 Å². The van der Waals surface area contributed by atoms with E-state index in [1.54, 1.807) is 0 Å². The van der Waals surface area contributed by atoms with Gasteiger partial charge in [-0.25, -0.2) is 0 Å². The Labute approximate surface area is 106 Å². The Morgan fingerprint density at radius 2 is 1.94 bits per heavy atom. The lowest BCUT2D eigenvalue weighted by molar-refractivity contribution is 0.0767. The van der Waals surface area contributed by atoms with Crippen LogP contribution in [0, 0.1) is 11.8 Å². The van der Waals surface area contributed by atoms with E-state index in [0.29, 0.717) is 0 Å². The van der Waals surface area contributed by atoms with Crippen LogP contribution >= 0.6 is 0 Å². The molecule has 1 aliphatic heterocycles. The molecular formula is C14H29N3. The summed E-state index contributed by atoms with van der Waals surface area (Å²) >= 11 is 0. The van der Waals surface area contributed by atoms with Gasteiger partial charge in [0.15, 0.2) is 0 Å². The molecule has 3 unspecified atom stereocenters. The highest BCUT2D eigenvalue weighted by atomic mass is 15.3. The molecule has 2 fully saturated rings. The summed E-state index contributed by atoms with van der Waals surface area (Å²) in [5.41, 5.74) is 5.88. The third kappa shape index (κ3) is 3.21. The Bertz CT molecular complexity index is 232. The van der Waals surface area contributed by atoms with Crippen molar-refractivity contribution in [3.05, 3.63) is 0 Å². The first-order valence-electron chi connectivity index (χ1n) is 7.37. The molecule has 2 aliphatic rings. The van der Waals surface area contributed by atoms with Crippen molar-refractivity contribution in [2.24, 2.45) is 17.6 Å². The molecule has 3 nitrogen and oxygen atoms in total. The molecule has 3 atom stereocenters. The summed E-state index contributed by atoms with van der Waals surface area (Å²) in [6, 6.07) is 0.765. The molecule has 100 valence electrons. The molecule has 0 aromatic rings. The molecule has 0 amide bonds. The van der Waals surface area contributed by atoms with Gasteiger partial charge >= 0.3 is 0 Å². The number of hydrogen-bond donors (Lipinski definition) is 1. The van der Waals surface area contributed by atoms with Crippen LogP contribution in [-0.2, 0) is 0 Å². The van der Waals surface area contributed by atoms with Gasteiger partial charge in [-0.1, -0.05) is 13.3 Å². The van der Waals surface area contributed by atoms with Gasteiger partial charge in [-0.3, -0.25) is 0 Å². The number of piperazine rings is 1. The summed E-state index contributed by atoms with van der Waals surface area (Å²) in [6.45, 7) is 8.25. The van der Waals surface area contributed by atoms with Gasteiger partial charge in [-0.15, -0.1) is 0 Å². The van der Waals surface area contributed by atoms with Crippen molar-refractivity contribution in [1.82, 2.24) is 9.80 Å². The zero-order chi connectivity index (χ0) is 12.3. The Hall–Kier alpha value is -0.120. The zero-order valence-electron chi connectivity index (χ0n) is 11.6. The van der Waals surface area contributed by atoms with Crippen molar-refractivity contribution in [2.75, 3.05) is 39.8 Å². The summed E-state index contributed by atoms with van der Waals surface area (Å²) in [5.74, 6) is 1.68. The van der Waals surface area contributed by atoms with Crippen LogP contribution in [0.1, 0.15) is 32.6 Å². The van der Waals surface area contributed by atoms with E-state index in [-0.39, 0.29) is 0 Å². The Morgan fingerprint density at radius 1 is 1.18 bits per heavy atom. The van der Waals surface area contributed by atoms with Crippen molar-refractivity contribution in [2.45, 2.75) is 38.6 Å². The highest BCUT2D eigenvalue weighted by Gasteiger charge is 2.30. The van der Waals surface area contributed by atoms with Crippen LogP contribution in [0.15, 0.2) is 0 Å². The molecule has 1 heterocycles. The van der Waals surface area contributed by atoms with E-state index < -0.39 is 0 Å². The van der Waals surface area contributed by atoms with Crippen molar-refractivity contribution < 1.29 is 0 Å². The fourth-order valence-corrected chi connectivity index (χ4v) is 3.61. The third-order valence-corrected chi connectivity index (χ3v) is 4.94. The van der Waals surface area contributed by atoms with Gasteiger partial charge in [0.05, 0.1) is 0 Å². The van der Waals surface area contributed by atoms with Gasteiger partial charge in [0.1, 0.15) is 0 Å². The highest BCUT2D eigenvalue weighted by Crippen LogP contribution is 2.31. The smallest absolute Gasteiger partial charge is 0.0218 e. The van der Waals surface area contributed by atoms with E-state index >= 15 is 0 Å². The molecule has 0 radical (unpaired) electrons. The SMILES string of the molecule is CCC1CN(CC2CCCC2CN)CCN1C. The first-order chi connectivity index (χ1) is 8.24. The summed E-state index contributed by atoms with van der Waals surface area (Å²) in [6.07, 6.45) is 5.45. The summed E-state index contributed by atoms with van der Waals surface area (Å²) in [7, 11) is 2.27. The molecule has 2 N–H and O–H groups in total. The predicted octanol–water partition coefficient (Wildman–Crippen LogP) is 1.39. The third-order valence-electron chi connectivity index (χ3n) is 4.94. The fraction of sp³-hybridized carbons (Fsp3) is 1.00. The highest BCUT2D eigenvalue weighted by molar-refractivity contribution is 4.85. The maximum Gasteiger partial charge on any atom is 0.0218 e. The molecule has 1 aliphatic carbocycles. The van der Waals surface area contributed by atoms with Crippen LogP contribution in [0.3, 0.4) is 0 Å². The Balaban J connectivity index is 1.82. The second-order valence-electron chi connectivity index (χ2n) is 5.99. The molecular weight excluding hydrogens is 210 g/mol. The zero-order valence-corrected chi connectivity index (χ0v) is 11.6. The van der Waals surface area contributed by atoms with Crippen molar-refractivity contribution in [1.29, 1.82) is 0 Å². The van der Waals surface area contributed by atoms with Crippen LogP contribution in [0.2, 0.25) is 0 Å². The van der Waals surface area contributed by atoms with Crippen LogP contribution < -0.4 is 5.73 Å². The Morgan fingerprint density at radius 3 is 2.65 bits per heavy atom. The second kappa shape index (κ2) is 6.17. The van der Waals surface area contributed by atoms with E-state index in [9.17, 15) is 0 Å². The van der Waals surface area contributed by atoms with E-state index in [0.717, 1.165) is 24.4 Å². The molecule has 0 aromatic heterocycles. The molecule has 1 saturated heterocycles. The summed E-state index contributed by atoms with van der Waals surface area (Å²) in [4.78, 5) is 5.21. The summed E-state index contributed by atoms with van der Waals surface area (Å²) < 4.78 is 0. The van der Waals surface area contributed by atoms with Gasteiger partial charge in [-0.2, -0.15) is 0 Å². The molecule has 0 spiro atoms. The molecule has 3 heteroatoms. The average Bonchev–Trinajstić information content (AvgIpc) is 2.79. The number of hydrogen-bond acceptors (Lipinski definition) is 3. The minimum Gasteiger partial charge on any atom is -0.330 e. The van der Waals surface area contributed by atoms with Crippen LogP contribution in [0.25, 0.3) is 0 Å². The van der Waals surface area contributed by atoms with Gasteiger partial charge in [-0.05, 0) is 44.7 Å². The number of nitrogens with zero attached hydrogens (tertiary/aromatic N) is 2. The largest absolute Gasteiger partial charge is 0.330 e. The van der Waals surface area contributed by atoms with Crippen LogP contribution in [-0.4, -0.2) is 55.6 Å². The first-order valence-corrected chi connectivity index (χ1v) is 7.37. The summed E-state index contributed by atoms with van der Waals surface area (Å²) in [5, 5.41) is 0. The minimum atomic E-state index is 0.765. The Kier molecular flexibility index (Phi) is 4.83. The van der Waals surface area contributed by atoms with Crippen molar-refractivity contribution in [3.63, 3.8) is 0 Å². The topological polar surface area (TPSA) is 32.5 Å². The van der Waals surface area contributed by atoms with E-state index in [1.165, 1.54) is 51.9 Å². The maximum atomic E-state index is 5.88. The van der Waals surface area contributed by atoms with E-state index in [2.05, 4.69) is 23.8 Å². The fourth-order valence-electron chi connectivity index (χ4n) is 3.61. The van der Waals surface area contributed by atoms with Crippen molar-refractivity contribution in [3.8, 4) is 0 Å². The van der Waals surface area contributed by atoms with Gasteiger partial charge in [0, 0.05) is 32.2 Å². The number of likely N-dealkylation sites (N-methyl/N-ethyl adjacent to an activating group) is 1. The quantitative estimate of drug-likeness (QED) is 0.804. The van der Waals surface area contributed by atoms with Crippen LogP contribution in [0.4, 0.5) is 0 Å². The number of nitrogens with two attached hydrogens (primary N) is 1. The predicted molar refractivity (Wildman–Crippen MR) is 73.0 cm³/mol. The molecule has 2 rings (SSSR count). The van der Waals surface area contributed by atoms with E-state index in [1.807, 2.05) is 0 Å². The lowest BCUT2D eigenvalue weighted by Crippen LogP contribution is -2.52. The van der Waals surface area contributed by atoms with Crippen LogP contribution in [0.5, 0.6) is 0 Å². The normalized spacial score (nSPS) is 36.5. The minimum absolute atomic E-state index is 0.765. The number of rotatable bonds is 4. The second-order valence-corrected chi connectivity index (χ2v) is 5.99. The maximum absolute atomic E-state index is 5.88. The molecule has 0 bridgehead atoms. The molecule has 17 heavy (non-hydrogen) atoms. The molecule has 1 saturated carbocycles. The molecule has 0 aromatic carbocycles. The van der Waals surface area contributed by atoms with Gasteiger partial charge in [0.2, 0.25) is 0 Å². The monoisotopic (exact) mass is 239 g/mol. The lowest BCUT2D eigenvalue weighted by Gasteiger charge is -2.40. The standard InChI is InChI=1S/C14H29N3/c1-3-14-11-17(8-7-16(14)2)10-13-6-4-5-12(13)9-15/h12-14H,3-11,15H2,1-2H3. The first kappa shape index (κ1) is 13.3. The van der Waals surface area contributed by atoms with Gasteiger partial charge in [0.25, 0.3) is 0 Å². The van der Waals surface area contributed by atoms with Gasteiger partial charge < -0.3 is 15.5 Å². The lowest BCUT2D eigenvalue weighted by atomic mass is 9.95. The van der Waals surface area contributed by atoms with E-state index in [4.69, 9.17) is 5.73 Å². The average molecular weight is 239 g/mol.